The molecule has 31 heavy (non-hydrogen) atoms. The lowest BCUT2D eigenvalue weighted by atomic mass is 10.00. The first-order valence-electron chi connectivity index (χ1n) is 9.88. The molecule has 3 aromatic carbocycles. The third-order valence-electron chi connectivity index (χ3n) is 4.78. The highest BCUT2D eigenvalue weighted by molar-refractivity contribution is 6.37. The average molecular weight is 433 g/mol. The number of carbonyl (C=O) groups excluding carboxylic acids is 1. The first-order valence-corrected chi connectivity index (χ1v) is 10.3. The van der Waals surface area contributed by atoms with Gasteiger partial charge in [0.15, 0.2) is 11.5 Å². The number of hydrogen-bond donors (Lipinski definition) is 0. The summed E-state index contributed by atoms with van der Waals surface area (Å²) < 4.78 is 11.0. The first kappa shape index (κ1) is 20.7. The van der Waals surface area contributed by atoms with E-state index in [-0.39, 0.29) is 5.91 Å². The van der Waals surface area contributed by atoms with Crippen molar-refractivity contribution in [1.29, 1.82) is 0 Å². The van der Waals surface area contributed by atoms with Crippen molar-refractivity contribution in [3.8, 4) is 11.5 Å². The Morgan fingerprint density at radius 3 is 2.35 bits per heavy atom. The summed E-state index contributed by atoms with van der Waals surface area (Å²) in [6.07, 6.45) is 1.78. The lowest BCUT2D eigenvalue weighted by Gasteiger charge is -2.13. The number of para-hydroxylation sites is 1. The monoisotopic (exact) mass is 432 g/mol. The Labute approximate surface area is 186 Å². The largest absolute Gasteiger partial charge is 0.493 e. The lowest BCUT2D eigenvalue weighted by molar-refractivity contribution is -0.114. The van der Waals surface area contributed by atoms with Crippen molar-refractivity contribution in [3.05, 3.63) is 94.5 Å². The second-order valence-corrected chi connectivity index (χ2v) is 7.20. The maximum absolute atomic E-state index is 13.4. The summed E-state index contributed by atoms with van der Waals surface area (Å²) in [5, 5.41) is 6.47. The van der Waals surface area contributed by atoms with E-state index in [1.807, 2.05) is 67.6 Å². The number of hydrogen-bond acceptors (Lipinski definition) is 4. The van der Waals surface area contributed by atoms with Gasteiger partial charge in [0.1, 0.15) is 5.71 Å². The van der Waals surface area contributed by atoms with E-state index in [1.165, 1.54) is 5.01 Å². The fourth-order valence-electron chi connectivity index (χ4n) is 3.37. The predicted molar refractivity (Wildman–Crippen MR) is 124 cm³/mol. The average Bonchev–Trinajstić information content (AvgIpc) is 3.12. The van der Waals surface area contributed by atoms with Crippen molar-refractivity contribution in [2.75, 3.05) is 18.7 Å². The minimum Gasteiger partial charge on any atom is -0.493 e. The van der Waals surface area contributed by atoms with Gasteiger partial charge in [-0.25, -0.2) is 0 Å². The highest BCUT2D eigenvalue weighted by Crippen LogP contribution is 2.37. The molecule has 0 saturated carbocycles. The number of nitrogens with zero attached hydrogens (tertiary/aromatic N) is 2. The number of benzene rings is 3. The van der Waals surface area contributed by atoms with Crippen molar-refractivity contribution in [2.24, 2.45) is 5.10 Å². The molecular formula is C25H21ClN2O3. The Kier molecular flexibility index (Phi) is 6.05. The quantitative estimate of drug-likeness (QED) is 0.477. The van der Waals surface area contributed by atoms with E-state index in [1.54, 1.807) is 25.3 Å². The molecule has 1 heterocycles. The normalized spacial score (nSPS) is 14.7. The number of ether oxygens (including phenoxy) is 2. The minimum atomic E-state index is -0.214. The van der Waals surface area contributed by atoms with Gasteiger partial charge in [0.05, 0.1) is 30.0 Å². The van der Waals surface area contributed by atoms with Crippen molar-refractivity contribution in [1.82, 2.24) is 0 Å². The van der Waals surface area contributed by atoms with E-state index in [2.05, 4.69) is 5.10 Å². The van der Waals surface area contributed by atoms with Gasteiger partial charge in [-0.15, -0.1) is 0 Å². The number of rotatable bonds is 6. The van der Waals surface area contributed by atoms with Crippen LogP contribution in [0.5, 0.6) is 11.5 Å². The van der Waals surface area contributed by atoms with Crippen LogP contribution in [0.25, 0.3) is 6.08 Å². The van der Waals surface area contributed by atoms with Crippen LogP contribution in [0.15, 0.2) is 83.5 Å². The van der Waals surface area contributed by atoms with E-state index < -0.39 is 0 Å². The molecule has 1 aliphatic heterocycles. The first-order chi connectivity index (χ1) is 15.1. The summed E-state index contributed by atoms with van der Waals surface area (Å²) >= 11 is 6.43. The van der Waals surface area contributed by atoms with Gasteiger partial charge in [-0.2, -0.15) is 10.1 Å². The molecule has 0 atom stereocenters. The Balaban J connectivity index is 1.82. The molecule has 0 radical (unpaired) electrons. The van der Waals surface area contributed by atoms with Crippen LogP contribution in [0.4, 0.5) is 5.69 Å². The molecule has 4 rings (SSSR count). The van der Waals surface area contributed by atoms with Crippen molar-refractivity contribution in [2.45, 2.75) is 6.92 Å². The van der Waals surface area contributed by atoms with Crippen LogP contribution in [-0.4, -0.2) is 25.3 Å². The maximum Gasteiger partial charge on any atom is 0.281 e. The van der Waals surface area contributed by atoms with Crippen molar-refractivity contribution in [3.63, 3.8) is 0 Å². The molecule has 1 amide bonds. The molecule has 0 bridgehead atoms. The zero-order chi connectivity index (χ0) is 21.8. The van der Waals surface area contributed by atoms with Crippen LogP contribution < -0.4 is 14.5 Å². The van der Waals surface area contributed by atoms with Crippen LogP contribution in [0.3, 0.4) is 0 Å². The summed E-state index contributed by atoms with van der Waals surface area (Å²) in [4.78, 5) is 13.4. The second kappa shape index (κ2) is 9.06. The Morgan fingerprint density at radius 2 is 1.71 bits per heavy atom. The minimum absolute atomic E-state index is 0.214. The van der Waals surface area contributed by atoms with Gasteiger partial charge in [0.25, 0.3) is 5.91 Å². The summed E-state index contributed by atoms with van der Waals surface area (Å²) in [7, 11) is 1.56. The SMILES string of the molecule is CCOc1c(Cl)cc(/C=C2\C(=O)N(c3ccccc3)N=C2c2ccccc2)cc1OC. The number of methoxy groups -OCH3 is 1. The van der Waals surface area contributed by atoms with E-state index in [0.29, 0.717) is 45.7 Å². The zero-order valence-electron chi connectivity index (χ0n) is 17.2. The van der Waals surface area contributed by atoms with Gasteiger partial charge in [-0.1, -0.05) is 60.1 Å². The van der Waals surface area contributed by atoms with Crippen molar-refractivity contribution < 1.29 is 14.3 Å². The summed E-state index contributed by atoms with van der Waals surface area (Å²) in [5.41, 5.74) is 3.33. The van der Waals surface area contributed by atoms with Crippen LogP contribution >= 0.6 is 11.6 Å². The van der Waals surface area contributed by atoms with E-state index in [4.69, 9.17) is 21.1 Å². The Morgan fingerprint density at radius 1 is 1.03 bits per heavy atom. The standard InChI is InChI=1S/C25H21ClN2O3/c1-3-31-24-21(26)15-17(16-22(24)30-2)14-20-23(18-10-6-4-7-11-18)27-28(25(20)29)19-12-8-5-9-13-19/h4-16H,3H2,1-2H3/b20-14-. The maximum atomic E-state index is 13.4. The fraction of sp³-hybridized carbons (Fsp3) is 0.120. The number of amides is 1. The van der Waals surface area contributed by atoms with Crippen molar-refractivity contribution >= 4 is 35.0 Å². The highest BCUT2D eigenvalue weighted by Gasteiger charge is 2.32. The topological polar surface area (TPSA) is 51.1 Å². The molecule has 5 nitrogen and oxygen atoms in total. The lowest BCUT2D eigenvalue weighted by Crippen LogP contribution is -2.21. The molecule has 0 unspecified atom stereocenters. The summed E-state index contributed by atoms with van der Waals surface area (Å²) in [6.45, 7) is 2.34. The van der Waals surface area contributed by atoms with Gasteiger partial charge in [-0.3, -0.25) is 4.79 Å². The van der Waals surface area contributed by atoms with Gasteiger partial charge in [0.2, 0.25) is 0 Å². The molecular weight excluding hydrogens is 412 g/mol. The molecule has 156 valence electrons. The number of carbonyl (C=O) groups is 1. The number of hydrazone groups is 1. The summed E-state index contributed by atoms with van der Waals surface area (Å²) in [5.74, 6) is 0.771. The molecule has 6 heteroatoms. The second-order valence-electron chi connectivity index (χ2n) is 6.79. The third kappa shape index (κ3) is 4.18. The molecule has 0 aromatic heterocycles. The Hall–Kier alpha value is -3.57. The highest BCUT2D eigenvalue weighted by atomic mass is 35.5. The summed E-state index contributed by atoms with van der Waals surface area (Å²) in [6, 6.07) is 22.5. The zero-order valence-corrected chi connectivity index (χ0v) is 18.0. The molecule has 1 aliphatic rings. The Bertz CT molecular complexity index is 1160. The van der Waals surface area contributed by atoms with Gasteiger partial charge >= 0.3 is 0 Å². The molecule has 3 aromatic rings. The number of halogens is 1. The van der Waals surface area contributed by atoms with E-state index >= 15 is 0 Å². The van der Waals surface area contributed by atoms with Gasteiger partial charge in [0, 0.05) is 5.56 Å². The van der Waals surface area contributed by atoms with E-state index in [9.17, 15) is 4.79 Å². The smallest absolute Gasteiger partial charge is 0.281 e. The fourth-order valence-corrected chi connectivity index (χ4v) is 3.65. The molecule has 0 spiro atoms. The van der Waals surface area contributed by atoms with Gasteiger partial charge in [-0.05, 0) is 42.8 Å². The van der Waals surface area contributed by atoms with Crippen LogP contribution in [0.2, 0.25) is 5.02 Å². The molecule has 0 aliphatic carbocycles. The third-order valence-corrected chi connectivity index (χ3v) is 5.06. The number of anilines is 1. The van der Waals surface area contributed by atoms with Crippen LogP contribution in [0, 0.1) is 0 Å². The van der Waals surface area contributed by atoms with Gasteiger partial charge < -0.3 is 9.47 Å². The molecule has 0 saturated heterocycles. The predicted octanol–water partition coefficient (Wildman–Crippen LogP) is 5.58. The van der Waals surface area contributed by atoms with Crippen LogP contribution in [0.1, 0.15) is 18.1 Å². The molecule has 0 N–H and O–H groups in total. The molecule has 0 fully saturated rings. The van der Waals surface area contributed by atoms with E-state index in [0.717, 1.165) is 5.56 Å². The van der Waals surface area contributed by atoms with Crippen LogP contribution in [-0.2, 0) is 4.79 Å².